The minimum absolute atomic E-state index is 0.231. The zero-order valence-corrected chi connectivity index (χ0v) is 46.8. The van der Waals surface area contributed by atoms with Gasteiger partial charge in [0, 0.05) is 49.2 Å². The molecule has 3 aliphatic rings. The Labute approximate surface area is 451 Å². The monoisotopic (exact) mass is 1020 g/mol. The summed E-state index contributed by atoms with van der Waals surface area (Å²) in [6.45, 7) is 27.7. The van der Waals surface area contributed by atoms with Gasteiger partial charge in [0.05, 0.1) is 11.4 Å². The molecule has 2 N–H and O–H groups in total. The molecule has 0 spiro atoms. The summed E-state index contributed by atoms with van der Waals surface area (Å²) in [7, 11) is 0. The van der Waals surface area contributed by atoms with Gasteiger partial charge in [-0.1, -0.05) is 168 Å². The highest BCUT2D eigenvalue weighted by atomic mass is 16.5. The van der Waals surface area contributed by atoms with E-state index < -0.39 is 0 Å². The van der Waals surface area contributed by atoms with Crippen LogP contribution in [0.4, 0.5) is 11.4 Å². The highest BCUT2D eigenvalue weighted by Gasteiger charge is 2.29. The summed E-state index contributed by atoms with van der Waals surface area (Å²) in [5, 5.41) is 25.6. The van der Waals surface area contributed by atoms with Crippen molar-refractivity contribution in [2.75, 3.05) is 26.4 Å². The Morgan fingerprint density at radius 1 is 0.342 bits per heavy atom. The van der Waals surface area contributed by atoms with E-state index in [0.717, 1.165) is 89.4 Å². The second-order valence-corrected chi connectivity index (χ2v) is 24.7. The Kier molecular flexibility index (Phi) is 15.0. The smallest absolute Gasteiger partial charge is 0.128 e. The average molecular weight is 1020 g/mol. The molecule has 76 heavy (non-hydrogen) atoms. The average Bonchev–Trinajstić information content (AvgIpc) is 3.35. The van der Waals surface area contributed by atoms with Crippen molar-refractivity contribution >= 4 is 23.8 Å². The van der Waals surface area contributed by atoms with Crippen molar-refractivity contribution in [2.45, 2.75) is 130 Å². The Bertz CT molecular complexity index is 3020. The van der Waals surface area contributed by atoms with Crippen molar-refractivity contribution in [1.82, 2.24) is 0 Å². The summed E-state index contributed by atoms with van der Waals surface area (Å²) in [5.41, 5.74) is 13.6. The van der Waals surface area contributed by atoms with E-state index in [1.807, 2.05) is 85.2 Å². The van der Waals surface area contributed by atoms with Crippen LogP contribution >= 0.6 is 0 Å². The molecule has 0 atom stereocenters. The number of para-hydroxylation sites is 4. The maximum atomic E-state index is 12.8. The van der Waals surface area contributed by atoms with E-state index in [4.69, 9.17) is 28.9 Å². The van der Waals surface area contributed by atoms with E-state index in [9.17, 15) is 10.2 Å². The fraction of sp³-hybridized carbons (Fsp3) is 0.353. The number of nitrogens with zero attached hydrogens (tertiary/aromatic N) is 2. The van der Waals surface area contributed by atoms with Crippen LogP contribution in [-0.4, -0.2) is 49.1 Å². The minimum Gasteiger partial charge on any atom is -0.507 e. The van der Waals surface area contributed by atoms with Crippen molar-refractivity contribution in [1.29, 1.82) is 0 Å². The quantitative estimate of drug-likeness (QED) is 0.157. The van der Waals surface area contributed by atoms with Gasteiger partial charge in [0.2, 0.25) is 0 Å². The number of rotatable bonds is 0. The molecule has 10 rings (SSSR count). The molecule has 2 aliphatic heterocycles. The fourth-order valence-electron chi connectivity index (χ4n) is 10.0. The van der Waals surface area contributed by atoms with Gasteiger partial charge in [-0.15, -0.1) is 0 Å². The van der Waals surface area contributed by atoms with Gasteiger partial charge in [0.1, 0.15) is 60.9 Å². The van der Waals surface area contributed by atoms with Gasteiger partial charge < -0.3 is 29.2 Å². The Morgan fingerprint density at radius 3 is 0.908 bits per heavy atom. The van der Waals surface area contributed by atoms with Crippen molar-refractivity contribution in [3.05, 3.63) is 199 Å². The first kappa shape index (κ1) is 53.5. The van der Waals surface area contributed by atoms with Crippen LogP contribution in [0.2, 0.25) is 0 Å². The fourth-order valence-corrected chi connectivity index (χ4v) is 10.0. The minimum atomic E-state index is -0.239. The van der Waals surface area contributed by atoms with E-state index >= 15 is 0 Å². The van der Waals surface area contributed by atoms with Crippen molar-refractivity contribution in [3.63, 3.8) is 0 Å². The number of aromatic hydroxyl groups is 2. The zero-order valence-electron chi connectivity index (χ0n) is 46.8. The number of ether oxygens (including phenoxy) is 4. The topological polar surface area (TPSA) is 102 Å². The number of hydrogen-bond donors (Lipinski definition) is 2. The molecule has 10 bridgehead atoms. The lowest BCUT2D eigenvalue weighted by Gasteiger charge is -2.28. The number of hydrogen-bond acceptors (Lipinski definition) is 8. The maximum absolute atomic E-state index is 12.8. The van der Waals surface area contributed by atoms with Crippen LogP contribution in [-0.2, 0) is 47.3 Å². The first-order valence-corrected chi connectivity index (χ1v) is 26.9. The van der Waals surface area contributed by atoms with Crippen LogP contribution in [0.5, 0.6) is 34.5 Å². The highest BCUT2D eigenvalue weighted by molar-refractivity contribution is 5.89. The number of aliphatic imine (C=N–C) groups is 2. The summed E-state index contributed by atoms with van der Waals surface area (Å²) >= 11 is 0. The molecule has 0 aromatic heterocycles. The van der Waals surface area contributed by atoms with Gasteiger partial charge in [-0.2, -0.15) is 0 Å². The largest absolute Gasteiger partial charge is 0.507 e. The molecule has 394 valence electrons. The summed E-state index contributed by atoms with van der Waals surface area (Å²) < 4.78 is 27.2. The molecule has 0 unspecified atom stereocenters. The summed E-state index contributed by atoms with van der Waals surface area (Å²) in [5.74, 6) is 3.29. The van der Waals surface area contributed by atoms with Crippen LogP contribution in [0.3, 0.4) is 0 Å². The van der Waals surface area contributed by atoms with Crippen LogP contribution < -0.4 is 18.9 Å². The molecule has 0 amide bonds. The third kappa shape index (κ3) is 12.2. The predicted octanol–water partition coefficient (Wildman–Crippen LogP) is 15.7. The van der Waals surface area contributed by atoms with Gasteiger partial charge in [0.25, 0.3) is 0 Å². The number of phenols is 2. The van der Waals surface area contributed by atoms with Gasteiger partial charge in [-0.05, 0) is 125 Å². The van der Waals surface area contributed by atoms with Crippen molar-refractivity contribution < 1.29 is 29.2 Å². The molecule has 7 aromatic carbocycles. The van der Waals surface area contributed by atoms with Crippen molar-refractivity contribution in [2.24, 2.45) is 9.98 Å². The number of phenolic OH excluding ortho intramolecular Hbond substituents is 2. The molecule has 8 nitrogen and oxygen atoms in total. The van der Waals surface area contributed by atoms with Crippen LogP contribution in [0.25, 0.3) is 0 Å². The molecular weight excluding hydrogens is 941 g/mol. The van der Waals surface area contributed by atoms with E-state index in [1.54, 1.807) is 0 Å². The maximum Gasteiger partial charge on any atom is 0.128 e. The molecule has 0 saturated heterocycles. The Morgan fingerprint density at radius 2 is 0.605 bits per heavy atom. The Balaban J connectivity index is 1.29. The van der Waals surface area contributed by atoms with Crippen LogP contribution in [0.15, 0.2) is 131 Å². The SMILES string of the molecule is CC(C)(C)c1cc2c(O)c(c1)Cc1cc(C(C)(C)C)cc3c1OCCOc1ccccc1C=Nc1ccccc1N=Cc1ccccc1OCCOc1c(cc(C(C)(C)C)cc1Cc1cc(C(C)(C)C)cc(c1O)C3)C2. The normalized spacial score (nSPS) is 14.6. The predicted molar refractivity (Wildman–Crippen MR) is 311 cm³/mol. The summed E-state index contributed by atoms with van der Waals surface area (Å²) in [6, 6.07) is 41.2. The van der Waals surface area contributed by atoms with Gasteiger partial charge in [-0.25, -0.2) is 0 Å². The number of benzene rings is 7. The van der Waals surface area contributed by atoms with Gasteiger partial charge in [-0.3, -0.25) is 9.98 Å². The van der Waals surface area contributed by atoms with E-state index in [1.165, 1.54) is 0 Å². The molecule has 1 aliphatic carbocycles. The van der Waals surface area contributed by atoms with Crippen LogP contribution in [0.1, 0.15) is 161 Å². The van der Waals surface area contributed by atoms with E-state index in [-0.39, 0.29) is 59.6 Å². The van der Waals surface area contributed by atoms with E-state index in [2.05, 4.69) is 132 Å². The molecule has 0 radical (unpaired) electrons. The highest BCUT2D eigenvalue weighted by Crippen LogP contribution is 2.44. The van der Waals surface area contributed by atoms with Crippen LogP contribution in [0, 0.1) is 0 Å². The van der Waals surface area contributed by atoms with Crippen molar-refractivity contribution in [3.8, 4) is 34.5 Å². The Hall–Kier alpha value is -7.32. The lowest BCUT2D eigenvalue weighted by atomic mass is 9.79. The molecule has 8 heteroatoms. The van der Waals surface area contributed by atoms with Gasteiger partial charge in [0.15, 0.2) is 0 Å². The molecule has 0 fully saturated rings. The number of fused-ring (bicyclic) bond motifs is 6. The molecule has 2 heterocycles. The third-order valence-electron chi connectivity index (χ3n) is 14.6. The zero-order chi connectivity index (χ0) is 54.2. The first-order valence-electron chi connectivity index (χ1n) is 26.9. The second kappa shape index (κ2) is 21.4. The summed E-state index contributed by atoms with van der Waals surface area (Å²) in [6.07, 6.45) is 5.22. The first-order chi connectivity index (χ1) is 36.0. The standard InChI is InChI=1S/C68H76N2O6/c1-65(2,3)53-33-45-29-49-37-55(67(7,8)9)39-51-31-47-35-54(66(4,5)6)36-48(62(47)72)32-52-40-56(68(10,11)12)38-50(30-46(34-53)61(45)71)64(52)76-28-26-74-60-24-18-14-20-44(60)42-70-58-22-16-15-21-57(58)69-41-43-19-13-17-23-59(43)73-25-27-75-63(49)51/h13-24,33-42,71-72H,25-32H2,1-12H3. The molecular formula is C68H76N2O6. The lowest BCUT2D eigenvalue weighted by Crippen LogP contribution is -2.18. The van der Waals surface area contributed by atoms with Gasteiger partial charge >= 0.3 is 0 Å². The molecule has 0 saturated carbocycles. The lowest BCUT2D eigenvalue weighted by molar-refractivity contribution is 0.214. The second-order valence-electron chi connectivity index (χ2n) is 24.7. The summed E-state index contributed by atoms with van der Waals surface area (Å²) in [4.78, 5) is 9.85. The molecule has 7 aromatic rings. The third-order valence-corrected chi connectivity index (χ3v) is 14.6. The van der Waals surface area contributed by atoms with E-state index in [0.29, 0.717) is 48.6 Å².